The van der Waals surface area contributed by atoms with Crippen LogP contribution in [-0.2, 0) is 13.0 Å². The first-order valence-electron chi connectivity index (χ1n) is 6.30. The van der Waals surface area contributed by atoms with Crippen LogP contribution in [0.15, 0.2) is 0 Å². The molecule has 17 heavy (non-hydrogen) atoms. The van der Waals surface area contributed by atoms with Gasteiger partial charge < -0.3 is 15.0 Å². The summed E-state index contributed by atoms with van der Waals surface area (Å²) >= 11 is 0. The van der Waals surface area contributed by atoms with Crippen LogP contribution in [0.4, 0.5) is 0 Å². The van der Waals surface area contributed by atoms with E-state index in [1.54, 1.807) is 0 Å². The molecular formula is C12H22N4O. The molecule has 0 spiro atoms. The van der Waals surface area contributed by atoms with Gasteiger partial charge in [-0.25, -0.2) is 0 Å². The molecule has 1 unspecified atom stereocenters. The predicted molar refractivity (Wildman–Crippen MR) is 65.6 cm³/mol. The van der Waals surface area contributed by atoms with Crippen molar-refractivity contribution in [1.82, 2.24) is 20.1 Å². The van der Waals surface area contributed by atoms with Crippen molar-refractivity contribution >= 4 is 0 Å². The molecule has 0 fully saturated rings. The van der Waals surface area contributed by atoms with E-state index in [0.29, 0.717) is 0 Å². The van der Waals surface area contributed by atoms with E-state index in [1.165, 1.54) is 6.42 Å². The number of aryl methyl sites for hydroxylation is 1. The second-order valence-electron chi connectivity index (χ2n) is 5.65. The SMILES string of the molecule is CC(NCC(C)(C)CO)c1nnc2n1CCC2. The van der Waals surface area contributed by atoms with Gasteiger partial charge in [0.2, 0.25) is 0 Å². The first-order chi connectivity index (χ1) is 8.03. The van der Waals surface area contributed by atoms with Crippen LogP contribution >= 0.6 is 0 Å². The molecule has 1 aliphatic rings. The Hall–Kier alpha value is -0.940. The van der Waals surface area contributed by atoms with Crippen molar-refractivity contribution in [3.8, 4) is 0 Å². The lowest BCUT2D eigenvalue weighted by atomic mass is 9.94. The molecule has 0 bridgehead atoms. The Morgan fingerprint density at radius 1 is 1.47 bits per heavy atom. The quantitative estimate of drug-likeness (QED) is 0.800. The molecule has 5 heteroatoms. The van der Waals surface area contributed by atoms with E-state index in [0.717, 1.165) is 31.2 Å². The first-order valence-corrected chi connectivity index (χ1v) is 6.30. The van der Waals surface area contributed by atoms with Gasteiger partial charge >= 0.3 is 0 Å². The third kappa shape index (κ3) is 2.66. The highest BCUT2D eigenvalue weighted by atomic mass is 16.3. The summed E-state index contributed by atoms with van der Waals surface area (Å²) in [5, 5.41) is 21.1. The molecule has 96 valence electrons. The topological polar surface area (TPSA) is 63.0 Å². The number of fused-ring (bicyclic) bond motifs is 1. The summed E-state index contributed by atoms with van der Waals surface area (Å²) in [5.74, 6) is 2.13. The maximum Gasteiger partial charge on any atom is 0.149 e. The normalized spacial score (nSPS) is 17.2. The van der Waals surface area contributed by atoms with E-state index in [4.69, 9.17) is 0 Å². The van der Waals surface area contributed by atoms with Crippen molar-refractivity contribution in [2.45, 2.75) is 46.2 Å². The molecule has 1 aromatic rings. The zero-order valence-corrected chi connectivity index (χ0v) is 10.9. The molecule has 0 saturated heterocycles. The standard InChI is InChI=1S/C12H22N4O/c1-9(13-7-12(2,3)8-17)11-15-14-10-5-4-6-16(10)11/h9,13,17H,4-8H2,1-3H3. The van der Waals surface area contributed by atoms with Gasteiger partial charge in [0.1, 0.15) is 11.6 Å². The van der Waals surface area contributed by atoms with E-state index in [1.807, 2.05) is 13.8 Å². The van der Waals surface area contributed by atoms with Gasteiger partial charge in [0.05, 0.1) is 6.04 Å². The maximum absolute atomic E-state index is 9.22. The van der Waals surface area contributed by atoms with Crippen LogP contribution in [0.25, 0.3) is 0 Å². The average Bonchev–Trinajstić information content (AvgIpc) is 2.87. The van der Waals surface area contributed by atoms with E-state index >= 15 is 0 Å². The van der Waals surface area contributed by atoms with Gasteiger partial charge in [-0.3, -0.25) is 0 Å². The van der Waals surface area contributed by atoms with Gasteiger partial charge in [-0.1, -0.05) is 13.8 Å². The van der Waals surface area contributed by atoms with Crippen molar-refractivity contribution in [3.05, 3.63) is 11.6 Å². The van der Waals surface area contributed by atoms with Crippen LogP contribution in [0.1, 0.15) is 44.9 Å². The van der Waals surface area contributed by atoms with Crippen molar-refractivity contribution in [3.63, 3.8) is 0 Å². The molecular weight excluding hydrogens is 216 g/mol. The third-order valence-electron chi connectivity index (χ3n) is 3.34. The highest BCUT2D eigenvalue weighted by molar-refractivity contribution is 5.04. The summed E-state index contributed by atoms with van der Waals surface area (Å²) in [6.07, 6.45) is 2.22. The summed E-state index contributed by atoms with van der Waals surface area (Å²) in [6, 6.07) is 0.181. The lowest BCUT2D eigenvalue weighted by Crippen LogP contribution is -2.34. The molecule has 1 aromatic heterocycles. The van der Waals surface area contributed by atoms with Crippen LogP contribution < -0.4 is 5.32 Å². The largest absolute Gasteiger partial charge is 0.396 e. The second kappa shape index (κ2) is 4.74. The second-order valence-corrected chi connectivity index (χ2v) is 5.65. The molecule has 2 N–H and O–H groups in total. The van der Waals surface area contributed by atoms with Crippen LogP contribution in [0.2, 0.25) is 0 Å². The van der Waals surface area contributed by atoms with Crippen molar-refractivity contribution in [1.29, 1.82) is 0 Å². The molecule has 0 saturated carbocycles. The summed E-state index contributed by atoms with van der Waals surface area (Å²) < 4.78 is 2.21. The van der Waals surface area contributed by atoms with Crippen LogP contribution in [0, 0.1) is 5.41 Å². The van der Waals surface area contributed by atoms with Crippen LogP contribution in [-0.4, -0.2) is 33.0 Å². The number of aromatic nitrogens is 3. The molecule has 0 radical (unpaired) electrons. The monoisotopic (exact) mass is 238 g/mol. The Kier molecular flexibility index (Phi) is 3.49. The summed E-state index contributed by atoms with van der Waals surface area (Å²) in [6.45, 7) is 8.18. The van der Waals surface area contributed by atoms with Crippen LogP contribution in [0.5, 0.6) is 0 Å². The number of hydrogen-bond donors (Lipinski definition) is 2. The molecule has 1 aliphatic heterocycles. The fraction of sp³-hybridized carbons (Fsp3) is 0.833. The molecule has 1 atom stereocenters. The van der Waals surface area contributed by atoms with Gasteiger partial charge in [-0.15, -0.1) is 10.2 Å². The number of hydrogen-bond acceptors (Lipinski definition) is 4. The zero-order chi connectivity index (χ0) is 12.5. The Balaban J connectivity index is 1.98. The number of nitrogens with one attached hydrogen (secondary N) is 1. The number of nitrogens with zero attached hydrogens (tertiary/aromatic N) is 3. The Morgan fingerprint density at radius 2 is 2.24 bits per heavy atom. The number of aliphatic hydroxyl groups excluding tert-OH is 1. The smallest absolute Gasteiger partial charge is 0.149 e. The lowest BCUT2D eigenvalue weighted by molar-refractivity contribution is 0.153. The Labute approximate surface area is 102 Å². The van der Waals surface area contributed by atoms with Gasteiger partial charge in [0.25, 0.3) is 0 Å². The minimum Gasteiger partial charge on any atom is -0.396 e. The number of aliphatic hydroxyl groups is 1. The highest BCUT2D eigenvalue weighted by Gasteiger charge is 2.23. The van der Waals surface area contributed by atoms with E-state index < -0.39 is 0 Å². The summed E-state index contributed by atoms with van der Waals surface area (Å²) in [5.41, 5.74) is -0.0951. The fourth-order valence-electron chi connectivity index (χ4n) is 2.07. The van der Waals surface area contributed by atoms with Crippen molar-refractivity contribution in [2.24, 2.45) is 5.41 Å². The highest BCUT2D eigenvalue weighted by Crippen LogP contribution is 2.20. The summed E-state index contributed by atoms with van der Waals surface area (Å²) in [4.78, 5) is 0. The van der Waals surface area contributed by atoms with Gasteiger partial charge in [-0.2, -0.15) is 0 Å². The molecule has 0 aromatic carbocycles. The van der Waals surface area contributed by atoms with Crippen molar-refractivity contribution < 1.29 is 5.11 Å². The molecule has 2 rings (SSSR count). The maximum atomic E-state index is 9.22. The molecule has 0 amide bonds. The number of rotatable bonds is 5. The lowest BCUT2D eigenvalue weighted by Gasteiger charge is -2.24. The van der Waals surface area contributed by atoms with Gasteiger partial charge in [0, 0.05) is 31.5 Å². The first kappa shape index (κ1) is 12.5. The summed E-state index contributed by atoms with van der Waals surface area (Å²) in [7, 11) is 0. The molecule has 5 nitrogen and oxygen atoms in total. The molecule has 0 aliphatic carbocycles. The zero-order valence-electron chi connectivity index (χ0n) is 10.9. The minimum atomic E-state index is -0.0951. The van der Waals surface area contributed by atoms with Gasteiger partial charge in [-0.05, 0) is 13.3 Å². The predicted octanol–water partition coefficient (Wildman–Crippen LogP) is 0.893. The van der Waals surface area contributed by atoms with Crippen LogP contribution in [0.3, 0.4) is 0 Å². The Bertz CT molecular complexity index is 386. The van der Waals surface area contributed by atoms with Crippen molar-refractivity contribution in [2.75, 3.05) is 13.2 Å². The van der Waals surface area contributed by atoms with E-state index in [-0.39, 0.29) is 18.1 Å². The van der Waals surface area contributed by atoms with E-state index in [9.17, 15) is 5.11 Å². The van der Waals surface area contributed by atoms with E-state index in [2.05, 4.69) is 27.0 Å². The Morgan fingerprint density at radius 3 is 2.94 bits per heavy atom. The van der Waals surface area contributed by atoms with Gasteiger partial charge in [0.15, 0.2) is 0 Å². The fourth-order valence-corrected chi connectivity index (χ4v) is 2.07. The minimum absolute atomic E-state index is 0.0951. The average molecular weight is 238 g/mol. The molecule has 2 heterocycles. The third-order valence-corrected chi connectivity index (χ3v) is 3.34.